The first kappa shape index (κ1) is 12.0. The Morgan fingerprint density at radius 1 is 1.59 bits per heavy atom. The Balaban J connectivity index is 2.12. The molecule has 1 aromatic heterocycles. The molecule has 94 valence electrons. The van der Waals surface area contributed by atoms with Crippen LogP contribution in [0.15, 0.2) is 12.3 Å². The van der Waals surface area contributed by atoms with Gasteiger partial charge in [0, 0.05) is 25.8 Å². The maximum absolute atomic E-state index is 12.3. The van der Waals surface area contributed by atoms with E-state index in [1.165, 1.54) is 0 Å². The smallest absolute Gasteiger partial charge is 0.270 e. The molecular weight excluding hydrogens is 214 g/mol. The average Bonchev–Trinajstić information content (AvgIpc) is 3.08. The van der Waals surface area contributed by atoms with Gasteiger partial charge in [0.05, 0.1) is 5.69 Å². The molecular formula is C13H21N3O. The third-order valence-electron chi connectivity index (χ3n) is 3.22. The first-order chi connectivity index (χ1) is 8.13. The Bertz CT molecular complexity index is 407. The molecule has 4 heteroatoms. The predicted molar refractivity (Wildman–Crippen MR) is 69.0 cm³/mol. The Morgan fingerprint density at radius 2 is 2.29 bits per heavy atom. The molecule has 2 rings (SSSR count). The van der Waals surface area contributed by atoms with Gasteiger partial charge in [0.15, 0.2) is 0 Å². The Kier molecular flexibility index (Phi) is 3.41. The molecule has 0 atom stereocenters. The van der Waals surface area contributed by atoms with Crippen molar-refractivity contribution in [3.05, 3.63) is 18.0 Å². The number of hydrogen-bond donors (Lipinski definition) is 1. The number of anilines is 1. The summed E-state index contributed by atoms with van der Waals surface area (Å²) in [6, 6.07) is 2.29. The van der Waals surface area contributed by atoms with Crippen LogP contribution < -0.4 is 5.73 Å². The van der Waals surface area contributed by atoms with Gasteiger partial charge in [-0.25, -0.2) is 0 Å². The van der Waals surface area contributed by atoms with E-state index in [1.807, 2.05) is 17.8 Å². The predicted octanol–water partition coefficient (Wildman–Crippen LogP) is 2.28. The molecule has 1 heterocycles. The van der Waals surface area contributed by atoms with E-state index >= 15 is 0 Å². The van der Waals surface area contributed by atoms with Gasteiger partial charge >= 0.3 is 0 Å². The zero-order valence-electron chi connectivity index (χ0n) is 10.6. The molecule has 0 saturated heterocycles. The molecule has 0 radical (unpaired) electrons. The maximum Gasteiger partial charge on any atom is 0.270 e. The fraction of sp³-hybridized carbons (Fsp3) is 0.615. The monoisotopic (exact) mass is 235 g/mol. The number of rotatable bonds is 5. The van der Waals surface area contributed by atoms with Crippen LogP contribution in [0, 0.1) is 0 Å². The second kappa shape index (κ2) is 4.82. The highest BCUT2D eigenvalue weighted by Gasteiger charge is 2.28. The summed E-state index contributed by atoms with van der Waals surface area (Å²) < 4.78 is 2.04. The van der Waals surface area contributed by atoms with Crippen LogP contribution in [0.5, 0.6) is 0 Å². The molecule has 17 heavy (non-hydrogen) atoms. The number of carbonyl (C=O) groups is 1. The molecule has 0 spiro atoms. The zero-order valence-corrected chi connectivity index (χ0v) is 10.6. The summed E-state index contributed by atoms with van der Waals surface area (Å²) in [5, 5.41) is 0. The van der Waals surface area contributed by atoms with Gasteiger partial charge in [-0.2, -0.15) is 0 Å². The van der Waals surface area contributed by atoms with Crippen molar-refractivity contribution >= 4 is 11.6 Å². The fourth-order valence-corrected chi connectivity index (χ4v) is 2.02. The summed E-state index contributed by atoms with van der Waals surface area (Å²) >= 11 is 0. The number of amides is 1. The number of carbonyl (C=O) groups excluding carboxylic acids is 1. The van der Waals surface area contributed by atoms with Crippen LogP contribution >= 0.6 is 0 Å². The Labute approximate surface area is 102 Å². The van der Waals surface area contributed by atoms with Crippen molar-refractivity contribution in [2.45, 2.75) is 38.6 Å². The van der Waals surface area contributed by atoms with Gasteiger partial charge in [-0.05, 0) is 25.3 Å². The fourth-order valence-electron chi connectivity index (χ4n) is 2.02. The van der Waals surface area contributed by atoms with E-state index < -0.39 is 0 Å². The minimum absolute atomic E-state index is 0.0852. The van der Waals surface area contributed by atoms with Crippen molar-refractivity contribution in [3.63, 3.8) is 0 Å². The summed E-state index contributed by atoms with van der Waals surface area (Å²) in [6.45, 7) is 2.94. The summed E-state index contributed by atoms with van der Waals surface area (Å²) in [4.78, 5) is 14.1. The SMILES string of the molecule is CCCCN(C)C(=O)c1cc(N)cn1C1CC1. The lowest BCUT2D eigenvalue weighted by atomic mass is 10.3. The highest BCUT2D eigenvalue weighted by atomic mass is 16.2. The van der Waals surface area contributed by atoms with E-state index in [9.17, 15) is 4.79 Å². The molecule has 1 aliphatic rings. The molecule has 2 N–H and O–H groups in total. The molecule has 1 fully saturated rings. The standard InChI is InChI=1S/C13H21N3O/c1-3-4-7-15(2)13(17)12-8-10(14)9-16(12)11-5-6-11/h8-9,11H,3-7,14H2,1-2H3. The summed E-state index contributed by atoms with van der Waals surface area (Å²) in [6.07, 6.45) is 6.35. The molecule has 0 unspecified atom stereocenters. The number of nitrogen functional groups attached to an aromatic ring is 1. The summed E-state index contributed by atoms with van der Waals surface area (Å²) in [7, 11) is 1.86. The first-order valence-corrected chi connectivity index (χ1v) is 6.36. The lowest BCUT2D eigenvalue weighted by molar-refractivity contribution is 0.0782. The second-order valence-corrected chi connectivity index (χ2v) is 4.88. The Hall–Kier alpha value is -1.45. The number of unbranched alkanes of at least 4 members (excludes halogenated alkanes) is 1. The minimum Gasteiger partial charge on any atom is -0.397 e. The first-order valence-electron chi connectivity index (χ1n) is 6.36. The summed E-state index contributed by atoms with van der Waals surface area (Å²) in [5.74, 6) is 0.0852. The second-order valence-electron chi connectivity index (χ2n) is 4.88. The molecule has 1 aliphatic carbocycles. The van der Waals surface area contributed by atoms with E-state index in [0.717, 1.165) is 37.9 Å². The third kappa shape index (κ3) is 2.62. The van der Waals surface area contributed by atoms with Gasteiger partial charge in [-0.1, -0.05) is 13.3 Å². The van der Waals surface area contributed by atoms with Crippen LogP contribution in [-0.4, -0.2) is 29.0 Å². The normalized spacial score (nSPS) is 14.9. The molecule has 0 aromatic carbocycles. The molecule has 1 amide bonds. The van der Waals surface area contributed by atoms with Gasteiger partial charge in [0.25, 0.3) is 5.91 Å². The summed E-state index contributed by atoms with van der Waals surface area (Å²) in [5.41, 5.74) is 7.22. The van der Waals surface area contributed by atoms with Crippen molar-refractivity contribution in [1.29, 1.82) is 0 Å². The van der Waals surface area contributed by atoms with E-state index in [2.05, 4.69) is 6.92 Å². The zero-order chi connectivity index (χ0) is 12.4. The largest absolute Gasteiger partial charge is 0.397 e. The number of nitrogens with zero attached hydrogens (tertiary/aromatic N) is 2. The van der Waals surface area contributed by atoms with E-state index in [4.69, 9.17) is 5.73 Å². The van der Waals surface area contributed by atoms with Crippen LogP contribution in [-0.2, 0) is 0 Å². The van der Waals surface area contributed by atoms with Crippen LogP contribution in [0.4, 0.5) is 5.69 Å². The third-order valence-corrected chi connectivity index (χ3v) is 3.22. The van der Waals surface area contributed by atoms with Crippen LogP contribution in [0.25, 0.3) is 0 Å². The van der Waals surface area contributed by atoms with Crippen molar-refractivity contribution in [2.24, 2.45) is 0 Å². The van der Waals surface area contributed by atoms with Gasteiger partial charge in [0.2, 0.25) is 0 Å². The molecule has 0 bridgehead atoms. The quantitative estimate of drug-likeness (QED) is 0.851. The van der Waals surface area contributed by atoms with E-state index in [-0.39, 0.29) is 5.91 Å². The van der Waals surface area contributed by atoms with Crippen molar-refractivity contribution in [1.82, 2.24) is 9.47 Å². The van der Waals surface area contributed by atoms with E-state index in [1.54, 1.807) is 11.0 Å². The highest BCUT2D eigenvalue weighted by Crippen LogP contribution is 2.37. The van der Waals surface area contributed by atoms with Gasteiger partial charge in [-0.3, -0.25) is 4.79 Å². The van der Waals surface area contributed by atoms with Gasteiger partial charge < -0.3 is 15.2 Å². The Morgan fingerprint density at radius 3 is 2.88 bits per heavy atom. The topological polar surface area (TPSA) is 51.3 Å². The molecule has 0 aliphatic heterocycles. The number of nitrogens with two attached hydrogens (primary N) is 1. The highest BCUT2D eigenvalue weighted by molar-refractivity contribution is 5.93. The molecule has 4 nitrogen and oxygen atoms in total. The van der Waals surface area contributed by atoms with Crippen LogP contribution in [0.3, 0.4) is 0 Å². The van der Waals surface area contributed by atoms with Crippen LogP contribution in [0.1, 0.15) is 49.1 Å². The lowest BCUT2D eigenvalue weighted by Gasteiger charge is -2.17. The van der Waals surface area contributed by atoms with E-state index in [0.29, 0.717) is 11.7 Å². The maximum atomic E-state index is 12.3. The number of aromatic nitrogens is 1. The minimum atomic E-state index is 0.0852. The molecule has 1 aromatic rings. The van der Waals surface area contributed by atoms with Crippen molar-refractivity contribution in [2.75, 3.05) is 19.3 Å². The van der Waals surface area contributed by atoms with Gasteiger partial charge in [0.1, 0.15) is 5.69 Å². The lowest BCUT2D eigenvalue weighted by Crippen LogP contribution is -2.29. The van der Waals surface area contributed by atoms with Crippen molar-refractivity contribution in [3.8, 4) is 0 Å². The van der Waals surface area contributed by atoms with Crippen LogP contribution in [0.2, 0.25) is 0 Å². The van der Waals surface area contributed by atoms with Crippen molar-refractivity contribution < 1.29 is 4.79 Å². The molecule has 1 saturated carbocycles. The number of hydrogen-bond acceptors (Lipinski definition) is 2. The van der Waals surface area contributed by atoms with Gasteiger partial charge in [-0.15, -0.1) is 0 Å². The average molecular weight is 235 g/mol.